The van der Waals surface area contributed by atoms with E-state index in [9.17, 15) is 0 Å². The van der Waals surface area contributed by atoms with E-state index in [0.717, 1.165) is 24.4 Å². The van der Waals surface area contributed by atoms with E-state index in [1.54, 1.807) is 12.4 Å². The van der Waals surface area contributed by atoms with Crippen LogP contribution in [-0.4, -0.2) is 21.6 Å². The zero-order chi connectivity index (χ0) is 17.7. The van der Waals surface area contributed by atoms with Crippen molar-refractivity contribution in [3.8, 4) is 0 Å². The highest BCUT2D eigenvalue weighted by atomic mass is 79.9. The molecule has 0 radical (unpaired) electrons. The van der Waals surface area contributed by atoms with Crippen LogP contribution in [0, 0.1) is 0 Å². The zero-order valence-corrected chi connectivity index (χ0v) is 16.9. The van der Waals surface area contributed by atoms with Gasteiger partial charge in [0, 0.05) is 17.0 Å². The topological polar surface area (TPSA) is 49.8 Å². The van der Waals surface area contributed by atoms with Crippen molar-refractivity contribution < 1.29 is 0 Å². The first kappa shape index (κ1) is 18.5. The van der Waals surface area contributed by atoms with Crippen molar-refractivity contribution in [2.75, 3.05) is 11.9 Å². The molecule has 25 heavy (non-hydrogen) atoms. The van der Waals surface area contributed by atoms with E-state index in [0.29, 0.717) is 15.5 Å². The molecule has 4 nitrogen and oxygen atoms in total. The van der Waals surface area contributed by atoms with Gasteiger partial charge in [-0.3, -0.25) is 0 Å². The van der Waals surface area contributed by atoms with Crippen LogP contribution in [-0.2, 0) is 5.41 Å². The number of benzene rings is 1. The zero-order valence-electron chi connectivity index (χ0n) is 13.8. The average Bonchev–Trinajstić information content (AvgIpc) is 2.63. The third-order valence-electron chi connectivity index (χ3n) is 4.72. The van der Waals surface area contributed by atoms with Gasteiger partial charge in [0.2, 0.25) is 0 Å². The maximum atomic E-state index is 6.06. The van der Waals surface area contributed by atoms with E-state index in [1.165, 1.54) is 24.8 Å². The number of rotatable bonds is 4. The van der Waals surface area contributed by atoms with Crippen LogP contribution in [0.25, 0.3) is 0 Å². The molecule has 0 bridgehead atoms. The molecule has 2 N–H and O–H groups in total. The summed E-state index contributed by atoms with van der Waals surface area (Å²) in [5.74, 6) is 0.630. The summed E-state index contributed by atoms with van der Waals surface area (Å²) < 4.78 is 0.695. The minimum Gasteiger partial charge on any atom is -0.362 e. The molecule has 0 amide bonds. The van der Waals surface area contributed by atoms with E-state index in [2.05, 4.69) is 48.7 Å². The second-order valence-corrected chi connectivity index (χ2v) is 8.04. The van der Waals surface area contributed by atoms with Gasteiger partial charge >= 0.3 is 0 Å². The van der Waals surface area contributed by atoms with Crippen LogP contribution in [0.15, 0.2) is 41.3 Å². The van der Waals surface area contributed by atoms with Crippen molar-refractivity contribution in [3.63, 3.8) is 0 Å². The molecule has 0 aliphatic heterocycles. The monoisotopic (exact) mass is 438 g/mol. The van der Waals surface area contributed by atoms with Crippen molar-refractivity contribution >= 4 is 50.7 Å². The molecule has 2 aromatic rings. The van der Waals surface area contributed by atoms with Gasteiger partial charge in [-0.15, -0.1) is 0 Å². The Hall–Kier alpha value is -1.24. The fraction of sp³-hybridized carbons (Fsp3) is 0.389. The molecule has 1 saturated carbocycles. The number of anilines is 1. The molecule has 0 saturated heterocycles. The third kappa shape index (κ3) is 4.90. The number of aromatic nitrogens is 2. The van der Waals surface area contributed by atoms with Crippen LogP contribution >= 0.6 is 39.7 Å². The Balaban J connectivity index is 1.67. The van der Waals surface area contributed by atoms with Gasteiger partial charge in [-0.25, -0.2) is 9.97 Å². The Morgan fingerprint density at radius 2 is 1.84 bits per heavy atom. The van der Waals surface area contributed by atoms with Crippen LogP contribution < -0.4 is 10.6 Å². The lowest BCUT2D eigenvalue weighted by Crippen LogP contribution is -2.43. The standard InChI is InChI=1S/C18H20BrClN4S/c19-15-10-22-16(11-21-15)24-17(25)23-12-18(8-2-1-3-9-18)13-4-6-14(20)7-5-13/h4-7,10-11H,1-3,8-9,12H2,(H2,22,23,24,25). The van der Waals surface area contributed by atoms with Crippen LogP contribution in [0.3, 0.4) is 0 Å². The number of hydrogen-bond acceptors (Lipinski definition) is 3. The third-order valence-corrected chi connectivity index (χ3v) is 5.62. The predicted molar refractivity (Wildman–Crippen MR) is 110 cm³/mol. The van der Waals surface area contributed by atoms with Gasteiger partial charge in [0.1, 0.15) is 4.60 Å². The fourth-order valence-corrected chi connectivity index (χ4v) is 3.89. The second-order valence-electron chi connectivity index (χ2n) is 6.38. The Bertz CT molecular complexity index is 715. The van der Waals surface area contributed by atoms with Crippen LogP contribution in [0.1, 0.15) is 37.7 Å². The lowest BCUT2D eigenvalue weighted by atomic mass is 9.69. The minimum absolute atomic E-state index is 0.0972. The number of nitrogens with one attached hydrogen (secondary N) is 2. The van der Waals surface area contributed by atoms with Gasteiger partial charge in [-0.1, -0.05) is 43.0 Å². The molecule has 0 unspecified atom stereocenters. The van der Waals surface area contributed by atoms with Gasteiger partial charge in [0.25, 0.3) is 0 Å². The Morgan fingerprint density at radius 3 is 2.48 bits per heavy atom. The van der Waals surface area contributed by atoms with Gasteiger partial charge < -0.3 is 10.6 Å². The van der Waals surface area contributed by atoms with Crippen molar-refractivity contribution in [1.82, 2.24) is 15.3 Å². The molecule has 0 atom stereocenters. The number of nitrogens with zero attached hydrogens (tertiary/aromatic N) is 2. The van der Waals surface area contributed by atoms with Crippen molar-refractivity contribution in [3.05, 3.63) is 51.8 Å². The first-order valence-corrected chi connectivity index (χ1v) is 9.94. The molecular weight excluding hydrogens is 420 g/mol. The summed E-state index contributed by atoms with van der Waals surface area (Å²) in [6.07, 6.45) is 9.37. The van der Waals surface area contributed by atoms with Crippen LogP contribution in [0.5, 0.6) is 0 Å². The summed E-state index contributed by atoms with van der Waals surface area (Å²) in [6, 6.07) is 8.24. The maximum Gasteiger partial charge on any atom is 0.172 e. The largest absolute Gasteiger partial charge is 0.362 e. The molecule has 1 heterocycles. The molecular formula is C18H20BrClN4S. The van der Waals surface area contributed by atoms with Gasteiger partial charge in [-0.2, -0.15) is 0 Å². The van der Waals surface area contributed by atoms with Gasteiger partial charge in [0.05, 0.1) is 12.4 Å². The molecule has 1 aliphatic rings. The Morgan fingerprint density at radius 1 is 1.12 bits per heavy atom. The van der Waals surface area contributed by atoms with Crippen LogP contribution in [0.2, 0.25) is 5.02 Å². The highest BCUT2D eigenvalue weighted by Crippen LogP contribution is 2.39. The quantitative estimate of drug-likeness (QED) is 0.651. The molecule has 3 rings (SSSR count). The lowest BCUT2D eigenvalue weighted by molar-refractivity contribution is 0.292. The van der Waals surface area contributed by atoms with E-state index >= 15 is 0 Å². The second kappa shape index (κ2) is 8.43. The SMILES string of the molecule is S=C(NCC1(c2ccc(Cl)cc2)CCCCC1)Nc1cnc(Br)cn1. The average molecular weight is 440 g/mol. The van der Waals surface area contributed by atoms with E-state index in [4.69, 9.17) is 23.8 Å². The smallest absolute Gasteiger partial charge is 0.172 e. The molecule has 1 aromatic heterocycles. The number of halogens is 2. The fourth-order valence-electron chi connectivity index (χ4n) is 3.39. The molecule has 1 aromatic carbocycles. The van der Waals surface area contributed by atoms with Crippen molar-refractivity contribution in [1.29, 1.82) is 0 Å². The number of hydrogen-bond donors (Lipinski definition) is 2. The Kier molecular flexibility index (Phi) is 6.25. The summed E-state index contributed by atoms with van der Waals surface area (Å²) in [7, 11) is 0. The maximum absolute atomic E-state index is 6.06. The molecule has 1 fully saturated rings. The van der Waals surface area contributed by atoms with Crippen molar-refractivity contribution in [2.24, 2.45) is 0 Å². The van der Waals surface area contributed by atoms with Gasteiger partial charge in [0.15, 0.2) is 10.9 Å². The van der Waals surface area contributed by atoms with E-state index in [1.807, 2.05) is 12.1 Å². The molecule has 132 valence electrons. The van der Waals surface area contributed by atoms with Crippen LogP contribution in [0.4, 0.5) is 5.82 Å². The first-order valence-electron chi connectivity index (χ1n) is 8.36. The summed E-state index contributed by atoms with van der Waals surface area (Å²) in [6.45, 7) is 0.796. The van der Waals surface area contributed by atoms with Gasteiger partial charge in [-0.05, 0) is 58.7 Å². The minimum atomic E-state index is 0.0972. The Labute approximate surface area is 166 Å². The lowest BCUT2D eigenvalue weighted by Gasteiger charge is -2.38. The highest BCUT2D eigenvalue weighted by Gasteiger charge is 2.33. The van der Waals surface area contributed by atoms with Crippen molar-refractivity contribution in [2.45, 2.75) is 37.5 Å². The molecule has 1 aliphatic carbocycles. The van der Waals surface area contributed by atoms with E-state index < -0.39 is 0 Å². The normalized spacial score (nSPS) is 16.2. The summed E-state index contributed by atoms with van der Waals surface area (Å²) in [5.41, 5.74) is 1.43. The molecule has 7 heteroatoms. The number of thiocarbonyl (C=S) groups is 1. The molecule has 0 spiro atoms. The summed E-state index contributed by atoms with van der Waals surface area (Å²) >= 11 is 14.8. The highest BCUT2D eigenvalue weighted by molar-refractivity contribution is 9.10. The van der Waals surface area contributed by atoms with E-state index in [-0.39, 0.29) is 5.41 Å². The predicted octanol–water partition coefficient (Wildman–Crippen LogP) is 5.08. The summed E-state index contributed by atoms with van der Waals surface area (Å²) in [5, 5.41) is 7.81. The first-order chi connectivity index (χ1) is 12.1. The summed E-state index contributed by atoms with van der Waals surface area (Å²) in [4.78, 5) is 8.38.